The van der Waals surface area contributed by atoms with Gasteiger partial charge in [0, 0.05) is 14.2 Å². The van der Waals surface area contributed by atoms with Crippen molar-refractivity contribution in [2.45, 2.75) is 6.92 Å². The lowest BCUT2D eigenvalue weighted by atomic mass is 11.0. The van der Waals surface area contributed by atoms with Crippen LogP contribution in [0.1, 0.15) is 6.92 Å². The van der Waals surface area contributed by atoms with E-state index in [0.29, 0.717) is 0 Å². The van der Waals surface area contributed by atoms with E-state index >= 15 is 0 Å². The summed E-state index contributed by atoms with van der Waals surface area (Å²) in [5, 5.41) is 0. The van der Waals surface area contributed by atoms with E-state index in [1.165, 1.54) is 0 Å². The molecular formula is C4H14O2SSi. The average molecular weight is 154 g/mol. The van der Waals surface area contributed by atoms with Crippen LogP contribution >= 0.6 is 12.6 Å². The summed E-state index contributed by atoms with van der Waals surface area (Å²) >= 11 is 3.79. The Morgan fingerprint density at radius 1 is 1.38 bits per heavy atom. The highest BCUT2D eigenvalue weighted by atomic mass is 32.1. The Kier molecular flexibility index (Phi) is 22.1. The van der Waals surface area contributed by atoms with E-state index in [4.69, 9.17) is 0 Å². The van der Waals surface area contributed by atoms with Crippen LogP contribution in [0.15, 0.2) is 0 Å². The van der Waals surface area contributed by atoms with Gasteiger partial charge in [-0.25, -0.2) is 0 Å². The van der Waals surface area contributed by atoms with Crippen LogP contribution in [0.2, 0.25) is 0 Å². The van der Waals surface area contributed by atoms with Gasteiger partial charge in [0.15, 0.2) is 0 Å². The SMILES string of the molecule is CCS.CO[SiH2]OC. The standard InChI is InChI=1S/C2H8O2Si.C2H6S/c1-3-5-4-2;1-2-3/h5H2,1-2H3;3H,2H2,1H3. The first kappa shape index (κ1) is 11.3. The van der Waals surface area contributed by atoms with Gasteiger partial charge in [0.05, 0.1) is 0 Å². The zero-order chi connectivity index (χ0) is 6.83. The number of thiol groups is 1. The fourth-order valence-corrected chi connectivity index (χ4v) is 0.354. The molecule has 0 saturated carbocycles. The molecule has 0 amide bonds. The van der Waals surface area contributed by atoms with Crippen molar-refractivity contribution in [1.82, 2.24) is 0 Å². The molecule has 0 aromatic heterocycles. The molecule has 0 fully saturated rings. The number of rotatable bonds is 2. The highest BCUT2D eigenvalue weighted by molar-refractivity contribution is 7.80. The number of hydrogen-bond acceptors (Lipinski definition) is 3. The molecule has 0 aromatic rings. The van der Waals surface area contributed by atoms with Gasteiger partial charge >= 0.3 is 10.0 Å². The van der Waals surface area contributed by atoms with Gasteiger partial charge in [-0.2, -0.15) is 12.6 Å². The summed E-state index contributed by atoms with van der Waals surface area (Å²) < 4.78 is 9.22. The highest BCUT2D eigenvalue weighted by Crippen LogP contribution is 1.58. The lowest BCUT2D eigenvalue weighted by Gasteiger charge is -1.86. The van der Waals surface area contributed by atoms with Crippen LogP contribution in [0.4, 0.5) is 0 Å². The van der Waals surface area contributed by atoms with Gasteiger partial charge < -0.3 is 8.85 Å². The second-order valence-electron chi connectivity index (χ2n) is 1.01. The Morgan fingerprint density at radius 2 is 1.62 bits per heavy atom. The molecule has 52 valence electrons. The second-order valence-corrected chi connectivity index (χ2v) is 3.03. The third-order valence-electron chi connectivity index (χ3n) is 0.236. The van der Waals surface area contributed by atoms with E-state index in [1.807, 2.05) is 6.92 Å². The van der Waals surface area contributed by atoms with E-state index in [9.17, 15) is 0 Å². The monoisotopic (exact) mass is 154 g/mol. The molecule has 0 radical (unpaired) electrons. The lowest BCUT2D eigenvalue weighted by Crippen LogP contribution is -1.93. The van der Waals surface area contributed by atoms with E-state index < -0.39 is 10.0 Å². The molecule has 0 spiro atoms. The Morgan fingerprint density at radius 3 is 1.62 bits per heavy atom. The van der Waals surface area contributed by atoms with Gasteiger partial charge in [-0.1, -0.05) is 6.92 Å². The number of hydrogen-bond donors (Lipinski definition) is 1. The van der Waals surface area contributed by atoms with Crippen LogP contribution in [-0.2, 0) is 8.85 Å². The Bertz CT molecular complexity index is 28.0. The fraction of sp³-hybridized carbons (Fsp3) is 1.00. The van der Waals surface area contributed by atoms with Crippen molar-refractivity contribution in [2.75, 3.05) is 20.0 Å². The van der Waals surface area contributed by atoms with E-state index in [1.54, 1.807) is 14.2 Å². The summed E-state index contributed by atoms with van der Waals surface area (Å²) in [6, 6.07) is 0. The quantitative estimate of drug-likeness (QED) is 0.453. The first-order valence-corrected chi connectivity index (χ1v) is 4.20. The van der Waals surface area contributed by atoms with Crippen molar-refractivity contribution in [3.05, 3.63) is 0 Å². The summed E-state index contributed by atoms with van der Waals surface area (Å²) in [4.78, 5) is 0. The molecule has 0 atom stereocenters. The third-order valence-corrected chi connectivity index (χ3v) is 0.707. The van der Waals surface area contributed by atoms with E-state index in [2.05, 4.69) is 21.5 Å². The van der Waals surface area contributed by atoms with Crippen LogP contribution in [0.3, 0.4) is 0 Å². The van der Waals surface area contributed by atoms with Crippen molar-refractivity contribution >= 4 is 22.6 Å². The molecule has 0 bridgehead atoms. The summed E-state index contributed by atoms with van der Waals surface area (Å²) in [5.74, 6) is 0.944. The third kappa shape index (κ3) is 31.6. The minimum absolute atomic E-state index is 0.568. The maximum Gasteiger partial charge on any atom is 0.303 e. The summed E-state index contributed by atoms with van der Waals surface area (Å²) in [6.45, 7) is 1.99. The molecule has 8 heavy (non-hydrogen) atoms. The van der Waals surface area contributed by atoms with Crippen LogP contribution < -0.4 is 0 Å². The zero-order valence-corrected chi connectivity index (χ0v) is 7.99. The predicted molar refractivity (Wildman–Crippen MR) is 42.1 cm³/mol. The van der Waals surface area contributed by atoms with Crippen LogP contribution in [0.5, 0.6) is 0 Å². The summed E-state index contributed by atoms with van der Waals surface area (Å²) in [6.07, 6.45) is 0. The maximum atomic E-state index is 4.61. The highest BCUT2D eigenvalue weighted by Gasteiger charge is 1.67. The Balaban J connectivity index is 0. The first-order chi connectivity index (χ1) is 3.83. The molecule has 0 saturated heterocycles. The average Bonchev–Trinajstić information content (AvgIpc) is 1.71. The lowest BCUT2D eigenvalue weighted by molar-refractivity contribution is 0.309. The largest absolute Gasteiger partial charge is 0.402 e. The zero-order valence-electron chi connectivity index (χ0n) is 5.68. The minimum Gasteiger partial charge on any atom is -0.402 e. The molecule has 0 rings (SSSR count). The van der Waals surface area contributed by atoms with Crippen molar-refractivity contribution in [3.8, 4) is 0 Å². The van der Waals surface area contributed by atoms with Crippen molar-refractivity contribution in [2.24, 2.45) is 0 Å². The van der Waals surface area contributed by atoms with Gasteiger partial charge in [0.25, 0.3) is 0 Å². The first-order valence-electron chi connectivity index (χ1n) is 2.42. The van der Waals surface area contributed by atoms with Crippen molar-refractivity contribution in [1.29, 1.82) is 0 Å². The summed E-state index contributed by atoms with van der Waals surface area (Å²) in [5.41, 5.74) is 0. The van der Waals surface area contributed by atoms with Gasteiger partial charge in [-0.05, 0) is 5.75 Å². The topological polar surface area (TPSA) is 18.5 Å². The van der Waals surface area contributed by atoms with Gasteiger partial charge in [0.2, 0.25) is 0 Å². The molecule has 0 heterocycles. The van der Waals surface area contributed by atoms with Gasteiger partial charge in [-0.3, -0.25) is 0 Å². The van der Waals surface area contributed by atoms with Gasteiger partial charge in [-0.15, -0.1) is 0 Å². The molecule has 0 aliphatic heterocycles. The predicted octanol–water partition coefficient (Wildman–Crippen LogP) is 0.214. The second kappa shape index (κ2) is 15.6. The molecule has 4 heteroatoms. The molecule has 0 unspecified atom stereocenters. The van der Waals surface area contributed by atoms with Crippen molar-refractivity contribution < 1.29 is 8.85 Å². The van der Waals surface area contributed by atoms with E-state index in [0.717, 1.165) is 5.75 Å². The normalized spacial score (nSPS) is 7.50. The van der Waals surface area contributed by atoms with Crippen molar-refractivity contribution in [3.63, 3.8) is 0 Å². The molecule has 0 aliphatic carbocycles. The fourth-order valence-electron chi connectivity index (χ4n) is 0.118. The minimum atomic E-state index is -0.568. The van der Waals surface area contributed by atoms with Crippen LogP contribution in [0, 0.1) is 0 Å². The van der Waals surface area contributed by atoms with Crippen LogP contribution in [-0.4, -0.2) is 30.0 Å². The summed E-state index contributed by atoms with van der Waals surface area (Å²) in [7, 11) is 2.73. The molecule has 0 aliphatic rings. The molecule has 0 N–H and O–H groups in total. The Hall–Kier alpha value is 0.487. The maximum absolute atomic E-state index is 4.61. The van der Waals surface area contributed by atoms with Gasteiger partial charge in [0.1, 0.15) is 0 Å². The molecule has 0 aromatic carbocycles. The Labute approximate surface area is 59.0 Å². The smallest absolute Gasteiger partial charge is 0.303 e. The van der Waals surface area contributed by atoms with E-state index in [-0.39, 0.29) is 0 Å². The van der Waals surface area contributed by atoms with Crippen LogP contribution in [0.25, 0.3) is 0 Å². The molecular weight excluding hydrogens is 140 g/mol. The molecule has 2 nitrogen and oxygen atoms in total.